The van der Waals surface area contributed by atoms with Gasteiger partial charge in [0, 0.05) is 15.4 Å². The highest BCUT2D eigenvalue weighted by molar-refractivity contribution is 9.10. The second kappa shape index (κ2) is 9.58. The number of aromatic nitrogens is 1. The van der Waals surface area contributed by atoms with Crippen LogP contribution in [0.15, 0.2) is 57.4 Å². The molecule has 0 fully saturated rings. The third-order valence-electron chi connectivity index (χ3n) is 3.99. The van der Waals surface area contributed by atoms with Gasteiger partial charge in [0.1, 0.15) is 5.75 Å². The van der Waals surface area contributed by atoms with Crippen molar-refractivity contribution in [3.63, 3.8) is 0 Å². The van der Waals surface area contributed by atoms with Crippen LogP contribution in [0.25, 0.3) is 17.3 Å². The van der Waals surface area contributed by atoms with Gasteiger partial charge >= 0.3 is 0 Å². The van der Waals surface area contributed by atoms with Crippen molar-refractivity contribution >= 4 is 44.2 Å². The molecule has 6 nitrogen and oxygen atoms in total. The molecule has 0 saturated carbocycles. The molecule has 0 aliphatic rings. The summed E-state index contributed by atoms with van der Waals surface area (Å²) in [5.74, 6) is 1.55. The summed E-state index contributed by atoms with van der Waals surface area (Å²) in [6.07, 6.45) is 3.83. The number of thiazole rings is 1. The van der Waals surface area contributed by atoms with Crippen molar-refractivity contribution < 1.29 is 14.6 Å². The number of ether oxygens (including phenoxy) is 2. The molecule has 0 atom stereocenters. The molecule has 0 spiro atoms. The lowest BCUT2D eigenvalue weighted by molar-refractivity contribution is 0.355. The van der Waals surface area contributed by atoms with Crippen LogP contribution >= 0.6 is 27.3 Å². The summed E-state index contributed by atoms with van der Waals surface area (Å²) in [5.41, 5.74) is 6.05. The molecular weight excluding hydrogens is 454 g/mol. The number of rotatable bonds is 7. The summed E-state index contributed by atoms with van der Waals surface area (Å²) >= 11 is 4.82. The van der Waals surface area contributed by atoms with Crippen molar-refractivity contribution in [2.24, 2.45) is 5.10 Å². The molecule has 3 rings (SSSR count). The van der Waals surface area contributed by atoms with Crippen LogP contribution in [-0.2, 0) is 0 Å². The van der Waals surface area contributed by atoms with Gasteiger partial charge in [0.25, 0.3) is 0 Å². The van der Waals surface area contributed by atoms with E-state index in [1.54, 1.807) is 26.4 Å². The standard InChI is InChI=1S/C21H20BrN3O3S/c1-13(4-5-14-6-9-19(27-2)20(10-14)28-3)24-25-21-23-17(12-29-21)16-11-15(22)7-8-18(16)26/h4-12,26H,1-3H3,(H,23,25)/b5-4+,24-13+. The highest BCUT2D eigenvalue weighted by Gasteiger charge is 2.09. The highest BCUT2D eigenvalue weighted by Crippen LogP contribution is 2.33. The van der Waals surface area contributed by atoms with Crippen LogP contribution in [0.1, 0.15) is 12.5 Å². The normalized spacial score (nSPS) is 11.7. The van der Waals surface area contributed by atoms with Gasteiger partial charge in [0.05, 0.1) is 25.6 Å². The van der Waals surface area contributed by atoms with Gasteiger partial charge < -0.3 is 14.6 Å². The van der Waals surface area contributed by atoms with Crippen LogP contribution < -0.4 is 14.9 Å². The maximum Gasteiger partial charge on any atom is 0.203 e. The van der Waals surface area contributed by atoms with Crippen LogP contribution in [-0.4, -0.2) is 30.0 Å². The number of phenolic OH excluding ortho intramolecular Hbond substituents is 1. The quantitative estimate of drug-likeness (QED) is 0.335. The average molecular weight is 474 g/mol. The van der Waals surface area contributed by atoms with Crippen molar-refractivity contribution in [1.29, 1.82) is 0 Å². The van der Waals surface area contributed by atoms with Crippen LogP contribution in [0.3, 0.4) is 0 Å². The van der Waals surface area contributed by atoms with Gasteiger partial charge in [-0.05, 0) is 48.9 Å². The zero-order valence-electron chi connectivity index (χ0n) is 16.1. The van der Waals surface area contributed by atoms with E-state index in [9.17, 15) is 5.11 Å². The molecule has 0 amide bonds. The van der Waals surface area contributed by atoms with Gasteiger partial charge in [-0.2, -0.15) is 5.10 Å². The number of methoxy groups -OCH3 is 2. The smallest absolute Gasteiger partial charge is 0.203 e. The zero-order chi connectivity index (χ0) is 20.8. The second-order valence-corrected chi connectivity index (χ2v) is 7.79. The van der Waals surface area contributed by atoms with Gasteiger partial charge in [-0.25, -0.2) is 4.98 Å². The van der Waals surface area contributed by atoms with E-state index in [0.29, 0.717) is 27.9 Å². The summed E-state index contributed by atoms with van der Waals surface area (Å²) < 4.78 is 11.4. The van der Waals surface area contributed by atoms with E-state index < -0.39 is 0 Å². The zero-order valence-corrected chi connectivity index (χ0v) is 18.5. The Balaban J connectivity index is 1.68. The van der Waals surface area contributed by atoms with Gasteiger partial charge in [0.2, 0.25) is 5.13 Å². The molecule has 0 bridgehead atoms. The molecule has 0 saturated heterocycles. The molecule has 0 aliphatic carbocycles. The number of phenols is 1. The Labute approximate surface area is 181 Å². The number of hydrazone groups is 1. The van der Waals surface area contributed by atoms with Gasteiger partial charge in [0.15, 0.2) is 11.5 Å². The minimum atomic E-state index is 0.183. The first-order chi connectivity index (χ1) is 14.0. The third kappa shape index (κ3) is 5.36. The van der Waals surface area contributed by atoms with E-state index >= 15 is 0 Å². The monoisotopic (exact) mass is 473 g/mol. The van der Waals surface area contributed by atoms with Crippen LogP contribution in [0, 0.1) is 0 Å². The lowest BCUT2D eigenvalue weighted by atomic mass is 10.1. The van der Waals surface area contributed by atoms with E-state index in [4.69, 9.17) is 9.47 Å². The molecule has 0 radical (unpaired) electrons. The number of halogens is 1. The molecule has 2 N–H and O–H groups in total. The summed E-state index contributed by atoms with van der Waals surface area (Å²) in [4.78, 5) is 4.48. The fraction of sp³-hybridized carbons (Fsp3) is 0.143. The molecule has 0 aliphatic heterocycles. The predicted molar refractivity (Wildman–Crippen MR) is 122 cm³/mol. The van der Waals surface area contributed by atoms with Gasteiger partial charge in [-0.3, -0.25) is 5.43 Å². The predicted octanol–water partition coefficient (Wildman–Crippen LogP) is 5.80. The summed E-state index contributed by atoms with van der Waals surface area (Å²) in [6, 6.07) is 10.9. The Bertz CT molecular complexity index is 1060. The fourth-order valence-corrected chi connectivity index (χ4v) is 3.52. The fourth-order valence-electron chi connectivity index (χ4n) is 2.51. The molecule has 3 aromatic rings. The Kier molecular flexibility index (Phi) is 6.90. The molecule has 8 heteroatoms. The SMILES string of the molecule is COc1ccc(/C=C/C(C)=N/Nc2nc(-c3cc(Br)ccc3O)cs2)cc1OC. The van der Waals surface area contributed by atoms with E-state index in [0.717, 1.165) is 15.7 Å². The van der Waals surface area contributed by atoms with Crippen LogP contribution in [0.5, 0.6) is 17.2 Å². The van der Waals surface area contributed by atoms with Crippen molar-refractivity contribution in [2.45, 2.75) is 6.92 Å². The summed E-state index contributed by atoms with van der Waals surface area (Å²) in [5, 5.41) is 16.9. The maximum absolute atomic E-state index is 10.0. The first kappa shape index (κ1) is 20.9. The van der Waals surface area contributed by atoms with E-state index in [-0.39, 0.29) is 5.75 Å². The number of hydrogen-bond acceptors (Lipinski definition) is 7. The minimum Gasteiger partial charge on any atom is -0.507 e. The topological polar surface area (TPSA) is 76.0 Å². The van der Waals surface area contributed by atoms with Crippen LogP contribution in [0.2, 0.25) is 0 Å². The van der Waals surface area contributed by atoms with Crippen molar-refractivity contribution in [2.75, 3.05) is 19.6 Å². The number of anilines is 1. The van der Waals surface area contributed by atoms with E-state index in [1.165, 1.54) is 11.3 Å². The van der Waals surface area contributed by atoms with E-state index in [1.807, 2.05) is 48.7 Å². The summed E-state index contributed by atoms with van der Waals surface area (Å²) in [7, 11) is 3.22. The molecule has 2 aromatic carbocycles. The molecule has 150 valence electrons. The van der Waals surface area contributed by atoms with Crippen LogP contribution in [0.4, 0.5) is 5.13 Å². The van der Waals surface area contributed by atoms with Gasteiger partial charge in [-0.15, -0.1) is 11.3 Å². The lowest BCUT2D eigenvalue weighted by Crippen LogP contribution is -1.94. The maximum atomic E-state index is 10.0. The van der Waals surface area contributed by atoms with Gasteiger partial charge in [-0.1, -0.05) is 28.1 Å². The Morgan fingerprint density at radius 3 is 2.72 bits per heavy atom. The van der Waals surface area contributed by atoms with E-state index in [2.05, 4.69) is 31.4 Å². The summed E-state index contributed by atoms with van der Waals surface area (Å²) in [6.45, 7) is 1.89. The number of nitrogens with zero attached hydrogens (tertiary/aromatic N) is 2. The number of nitrogens with one attached hydrogen (secondary N) is 1. The number of hydrogen-bond donors (Lipinski definition) is 2. The molecular formula is C21H20BrN3O3S. The first-order valence-electron chi connectivity index (χ1n) is 8.65. The van der Waals surface area contributed by atoms with Crippen molar-refractivity contribution in [3.8, 4) is 28.5 Å². The highest BCUT2D eigenvalue weighted by atomic mass is 79.9. The lowest BCUT2D eigenvalue weighted by Gasteiger charge is -2.07. The average Bonchev–Trinajstić information content (AvgIpc) is 3.21. The molecule has 1 aromatic heterocycles. The Morgan fingerprint density at radius 2 is 1.97 bits per heavy atom. The number of benzene rings is 2. The first-order valence-corrected chi connectivity index (χ1v) is 10.3. The third-order valence-corrected chi connectivity index (χ3v) is 5.23. The Hall–Kier alpha value is -2.84. The van der Waals surface area contributed by atoms with Crippen molar-refractivity contribution in [3.05, 3.63) is 57.9 Å². The molecule has 29 heavy (non-hydrogen) atoms. The second-order valence-electron chi connectivity index (χ2n) is 6.01. The largest absolute Gasteiger partial charge is 0.507 e. The number of aromatic hydroxyl groups is 1. The number of allylic oxidation sites excluding steroid dienone is 1. The van der Waals surface area contributed by atoms with Crippen molar-refractivity contribution in [1.82, 2.24) is 4.98 Å². The molecule has 1 heterocycles. The Morgan fingerprint density at radius 1 is 1.17 bits per heavy atom. The minimum absolute atomic E-state index is 0.183. The molecule has 0 unspecified atom stereocenters.